The lowest BCUT2D eigenvalue weighted by Gasteiger charge is -1.91. The maximum absolute atomic E-state index is 3.98. The number of nitrogens with zero attached hydrogens (tertiary/aromatic N) is 1. The van der Waals surface area contributed by atoms with Crippen molar-refractivity contribution in [3.8, 4) is 0 Å². The van der Waals surface area contributed by atoms with E-state index in [4.69, 9.17) is 0 Å². The van der Waals surface area contributed by atoms with Crippen LogP contribution in [-0.2, 0) is 0 Å². The third kappa shape index (κ3) is 5.63. The molecule has 0 saturated heterocycles. The van der Waals surface area contributed by atoms with Crippen LogP contribution in [0.4, 0.5) is 0 Å². The van der Waals surface area contributed by atoms with E-state index in [0.717, 1.165) is 5.75 Å². The van der Waals surface area contributed by atoms with Gasteiger partial charge in [-0.1, -0.05) is 6.92 Å². The number of aliphatic imine (C=N–C) groups is 1. The Bertz CT molecular complexity index is 116. The third-order valence-electron chi connectivity index (χ3n) is 0.777. The van der Waals surface area contributed by atoms with Crippen LogP contribution < -0.4 is 0 Å². The highest BCUT2D eigenvalue weighted by Crippen LogP contribution is 2.12. The summed E-state index contributed by atoms with van der Waals surface area (Å²) in [7, 11) is 0. The topological polar surface area (TPSA) is 12.4 Å². The Morgan fingerprint density at radius 1 is 1.67 bits per heavy atom. The molecule has 0 bridgehead atoms. The van der Waals surface area contributed by atoms with Gasteiger partial charge in [-0.25, -0.2) is 0 Å². The fourth-order valence-corrected chi connectivity index (χ4v) is 1.04. The van der Waals surface area contributed by atoms with E-state index in [2.05, 4.69) is 18.8 Å². The van der Waals surface area contributed by atoms with E-state index in [-0.39, 0.29) is 0 Å². The Morgan fingerprint density at radius 2 is 2.33 bits per heavy atom. The second-order valence-corrected chi connectivity index (χ2v) is 3.09. The summed E-state index contributed by atoms with van der Waals surface area (Å²) in [6, 6.07) is 0. The van der Waals surface area contributed by atoms with Crippen molar-refractivity contribution in [2.24, 2.45) is 4.99 Å². The lowest BCUT2D eigenvalue weighted by atomic mass is 10.7. The lowest BCUT2D eigenvalue weighted by Crippen LogP contribution is -1.68. The maximum Gasteiger partial charge on any atom is 0.0356 e. The SMILES string of the molecule is CC=N/C=C(/C)SCC. The molecule has 0 aliphatic carbocycles. The van der Waals surface area contributed by atoms with E-state index < -0.39 is 0 Å². The van der Waals surface area contributed by atoms with Crippen molar-refractivity contribution in [2.45, 2.75) is 20.8 Å². The lowest BCUT2D eigenvalue weighted by molar-refractivity contribution is 1.48. The van der Waals surface area contributed by atoms with Gasteiger partial charge >= 0.3 is 0 Å². The van der Waals surface area contributed by atoms with Gasteiger partial charge in [0.15, 0.2) is 0 Å². The van der Waals surface area contributed by atoms with Crippen LogP contribution in [0.15, 0.2) is 16.1 Å². The molecular weight excluding hydrogens is 130 g/mol. The quantitative estimate of drug-likeness (QED) is 0.553. The highest BCUT2D eigenvalue weighted by molar-refractivity contribution is 8.03. The maximum atomic E-state index is 3.98. The fraction of sp³-hybridized carbons (Fsp3) is 0.571. The van der Waals surface area contributed by atoms with Crippen molar-refractivity contribution in [3.05, 3.63) is 11.1 Å². The zero-order valence-corrected chi connectivity index (χ0v) is 7.03. The van der Waals surface area contributed by atoms with Crippen LogP contribution in [0.25, 0.3) is 0 Å². The largest absolute Gasteiger partial charge is 0.269 e. The van der Waals surface area contributed by atoms with Crippen molar-refractivity contribution in [1.29, 1.82) is 0 Å². The molecule has 0 atom stereocenters. The van der Waals surface area contributed by atoms with E-state index in [9.17, 15) is 0 Å². The highest BCUT2D eigenvalue weighted by atomic mass is 32.2. The van der Waals surface area contributed by atoms with Gasteiger partial charge in [0.05, 0.1) is 0 Å². The standard InChI is InChI=1S/C7H13NS/c1-4-8-6-7(3)9-5-2/h4,6H,5H2,1-3H3/b7-6-,8-4?. The molecule has 0 fully saturated rings. The van der Waals surface area contributed by atoms with E-state index in [1.54, 1.807) is 6.21 Å². The second-order valence-electron chi connectivity index (χ2n) is 1.58. The molecule has 1 nitrogen and oxygen atoms in total. The van der Waals surface area contributed by atoms with Gasteiger partial charge in [0.25, 0.3) is 0 Å². The summed E-state index contributed by atoms with van der Waals surface area (Å²) >= 11 is 1.82. The first-order chi connectivity index (χ1) is 4.31. The van der Waals surface area contributed by atoms with E-state index in [1.165, 1.54) is 4.91 Å². The summed E-state index contributed by atoms with van der Waals surface area (Å²) in [5.74, 6) is 1.13. The average Bonchev–Trinajstić information content (AvgIpc) is 1.85. The Balaban J connectivity index is 3.55. The number of thioether (sulfide) groups is 1. The van der Waals surface area contributed by atoms with Gasteiger partial charge in [-0.2, -0.15) is 0 Å². The summed E-state index contributed by atoms with van der Waals surface area (Å²) in [6.45, 7) is 6.12. The highest BCUT2D eigenvalue weighted by Gasteiger charge is 1.82. The molecule has 0 radical (unpaired) electrons. The zero-order chi connectivity index (χ0) is 7.11. The summed E-state index contributed by atoms with van der Waals surface area (Å²) < 4.78 is 0. The van der Waals surface area contributed by atoms with E-state index in [0.29, 0.717) is 0 Å². The summed E-state index contributed by atoms with van der Waals surface area (Å²) in [6.07, 6.45) is 3.67. The molecular formula is C7H13NS. The van der Waals surface area contributed by atoms with Gasteiger partial charge in [0.2, 0.25) is 0 Å². The minimum absolute atomic E-state index is 1.13. The molecule has 0 aromatic carbocycles. The van der Waals surface area contributed by atoms with Gasteiger partial charge in [0, 0.05) is 12.4 Å². The van der Waals surface area contributed by atoms with Gasteiger partial charge in [-0.05, 0) is 24.5 Å². The molecule has 0 N–H and O–H groups in total. The summed E-state index contributed by atoms with van der Waals surface area (Å²) in [4.78, 5) is 5.26. The minimum Gasteiger partial charge on any atom is -0.269 e. The van der Waals surface area contributed by atoms with Gasteiger partial charge < -0.3 is 0 Å². The van der Waals surface area contributed by atoms with Crippen molar-refractivity contribution in [3.63, 3.8) is 0 Å². The monoisotopic (exact) mass is 143 g/mol. The van der Waals surface area contributed by atoms with Crippen LogP contribution in [0, 0.1) is 0 Å². The molecule has 0 unspecified atom stereocenters. The molecule has 0 aliphatic rings. The van der Waals surface area contributed by atoms with E-state index in [1.807, 2.05) is 24.9 Å². The molecule has 0 saturated carbocycles. The van der Waals surface area contributed by atoms with Crippen LogP contribution in [0.3, 0.4) is 0 Å². The van der Waals surface area contributed by atoms with Gasteiger partial charge in [0.1, 0.15) is 0 Å². The smallest absolute Gasteiger partial charge is 0.0356 e. The normalized spacial score (nSPS) is 13.0. The number of allylic oxidation sites excluding steroid dienone is 1. The summed E-state index contributed by atoms with van der Waals surface area (Å²) in [5.41, 5.74) is 0. The number of hydrogen-bond donors (Lipinski definition) is 0. The van der Waals surface area contributed by atoms with Crippen molar-refractivity contribution in [1.82, 2.24) is 0 Å². The minimum atomic E-state index is 1.13. The number of rotatable bonds is 3. The Morgan fingerprint density at radius 3 is 2.78 bits per heavy atom. The molecule has 0 amide bonds. The third-order valence-corrected chi connectivity index (χ3v) is 1.63. The Kier molecular flexibility index (Phi) is 5.73. The molecule has 0 aliphatic heterocycles. The predicted molar refractivity (Wildman–Crippen MR) is 46.1 cm³/mol. The molecule has 0 aromatic heterocycles. The Labute approximate surface area is 61.3 Å². The zero-order valence-electron chi connectivity index (χ0n) is 6.22. The van der Waals surface area contributed by atoms with Crippen LogP contribution in [-0.4, -0.2) is 12.0 Å². The summed E-state index contributed by atoms with van der Waals surface area (Å²) in [5, 5.41) is 0. The first kappa shape index (κ1) is 8.76. The van der Waals surface area contributed by atoms with Crippen molar-refractivity contribution in [2.75, 3.05) is 5.75 Å². The van der Waals surface area contributed by atoms with Crippen molar-refractivity contribution >= 4 is 18.0 Å². The molecule has 52 valence electrons. The van der Waals surface area contributed by atoms with Crippen LogP contribution in [0.1, 0.15) is 20.8 Å². The van der Waals surface area contributed by atoms with Crippen molar-refractivity contribution < 1.29 is 0 Å². The molecule has 2 heteroatoms. The molecule has 0 aromatic rings. The fourth-order valence-electron chi connectivity index (χ4n) is 0.444. The molecule has 0 spiro atoms. The predicted octanol–water partition coefficient (Wildman–Crippen LogP) is 2.69. The van der Waals surface area contributed by atoms with Gasteiger partial charge in [-0.3, -0.25) is 4.99 Å². The van der Waals surface area contributed by atoms with Crippen LogP contribution in [0.2, 0.25) is 0 Å². The van der Waals surface area contributed by atoms with Crippen LogP contribution >= 0.6 is 11.8 Å². The Hall–Kier alpha value is -0.240. The first-order valence-electron chi connectivity index (χ1n) is 3.08. The second kappa shape index (κ2) is 5.89. The average molecular weight is 143 g/mol. The van der Waals surface area contributed by atoms with Crippen LogP contribution in [0.5, 0.6) is 0 Å². The first-order valence-corrected chi connectivity index (χ1v) is 4.07. The molecule has 0 rings (SSSR count). The van der Waals surface area contributed by atoms with Gasteiger partial charge in [-0.15, -0.1) is 11.8 Å². The van der Waals surface area contributed by atoms with E-state index >= 15 is 0 Å². The number of hydrogen-bond acceptors (Lipinski definition) is 2. The molecule has 9 heavy (non-hydrogen) atoms. The molecule has 0 heterocycles.